The molecule has 3 rings (SSSR count). The van der Waals surface area contributed by atoms with Crippen molar-refractivity contribution in [3.63, 3.8) is 0 Å². The third-order valence-electron chi connectivity index (χ3n) is 4.60. The quantitative estimate of drug-likeness (QED) is 0.793. The number of hydrogen-bond acceptors (Lipinski definition) is 6. The first-order valence-electron chi connectivity index (χ1n) is 9.19. The number of carbonyl (C=O) groups excluding carboxylic acids is 2. The van der Waals surface area contributed by atoms with Gasteiger partial charge in [0.1, 0.15) is 5.00 Å². The molecule has 0 fully saturated rings. The molecule has 0 spiro atoms. The van der Waals surface area contributed by atoms with E-state index < -0.39 is 0 Å². The Morgan fingerprint density at radius 3 is 2.78 bits per heavy atom. The molecule has 8 heteroatoms. The highest BCUT2D eigenvalue weighted by Crippen LogP contribution is 2.37. The summed E-state index contributed by atoms with van der Waals surface area (Å²) in [6.45, 7) is 9.69. The highest BCUT2D eigenvalue weighted by Gasteiger charge is 2.29. The number of carbonyl (C=O) groups is 2. The fourth-order valence-electron chi connectivity index (χ4n) is 3.33. The summed E-state index contributed by atoms with van der Waals surface area (Å²) in [6, 6.07) is 1.94. The van der Waals surface area contributed by atoms with Gasteiger partial charge in [-0.1, -0.05) is 0 Å². The van der Waals surface area contributed by atoms with Crippen LogP contribution in [0.25, 0.3) is 0 Å². The highest BCUT2D eigenvalue weighted by atomic mass is 32.1. The van der Waals surface area contributed by atoms with Gasteiger partial charge in [0, 0.05) is 29.7 Å². The van der Waals surface area contributed by atoms with Gasteiger partial charge in [-0.25, -0.2) is 4.79 Å². The van der Waals surface area contributed by atoms with E-state index >= 15 is 0 Å². The van der Waals surface area contributed by atoms with E-state index in [1.54, 1.807) is 13.0 Å². The number of likely N-dealkylation sites (N-methyl/N-ethyl adjacent to an activating group) is 1. The second-order valence-corrected chi connectivity index (χ2v) is 8.18. The van der Waals surface area contributed by atoms with Crippen LogP contribution in [-0.4, -0.2) is 46.8 Å². The molecule has 0 atom stereocenters. The van der Waals surface area contributed by atoms with Crippen LogP contribution in [0.4, 0.5) is 5.00 Å². The second kappa shape index (κ2) is 7.82. The summed E-state index contributed by atoms with van der Waals surface area (Å²) in [5.74, 6) is -0.686. The fraction of sp³-hybridized carbons (Fsp3) is 0.526. The van der Waals surface area contributed by atoms with E-state index in [1.165, 1.54) is 11.3 Å². The summed E-state index contributed by atoms with van der Waals surface area (Å²) in [6.07, 6.45) is 0.771. The van der Waals surface area contributed by atoms with E-state index in [1.807, 2.05) is 32.5 Å². The molecule has 0 unspecified atom stereocenters. The lowest BCUT2D eigenvalue weighted by atomic mass is 10.0. The van der Waals surface area contributed by atoms with Crippen molar-refractivity contribution in [2.75, 3.05) is 25.5 Å². The van der Waals surface area contributed by atoms with Gasteiger partial charge in [-0.05, 0) is 52.8 Å². The minimum atomic E-state index is -0.376. The van der Waals surface area contributed by atoms with Gasteiger partial charge in [0.25, 0.3) is 5.91 Å². The van der Waals surface area contributed by atoms with Crippen LogP contribution < -0.4 is 5.32 Å². The maximum atomic E-state index is 12.8. The third-order valence-corrected chi connectivity index (χ3v) is 5.73. The number of aromatic nitrogens is 2. The zero-order chi connectivity index (χ0) is 19.7. The number of nitrogens with one attached hydrogen (secondary N) is 1. The van der Waals surface area contributed by atoms with E-state index in [9.17, 15) is 9.59 Å². The molecule has 1 N–H and O–H groups in total. The van der Waals surface area contributed by atoms with Crippen molar-refractivity contribution in [1.82, 2.24) is 14.7 Å². The number of amides is 1. The maximum Gasteiger partial charge on any atom is 0.341 e. The zero-order valence-corrected chi connectivity index (χ0v) is 17.3. The zero-order valence-electron chi connectivity index (χ0n) is 16.5. The first-order valence-corrected chi connectivity index (χ1v) is 10.0. The topological polar surface area (TPSA) is 76.5 Å². The summed E-state index contributed by atoms with van der Waals surface area (Å²) in [5, 5.41) is 7.85. The number of esters is 1. The number of aryl methyl sites for hydroxylation is 1. The van der Waals surface area contributed by atoms with Gasteiger partial charge in [-0.15, -0.1) is 11.3 Å². The highest BCUT2D eigenvalue weighted by molar-refractivity contribution is 7.17. The number of nitrogens with zero attached hydrogens (tertiary/aromatic N) is 3. The van der Waals surface area contributed by atoms with Crippen LogP contribution in [0.2, 0.25) is 0 Å². The maximum absolute atomic E-state index is 12.8. The van der Waals surface area contributed by atoms with Crippen molar-refractivity contribution in [3.8, 4) is 0 Å². The molecule has 0 saturated carbocycles. The van der Waals surface area contributed by atoms with Gasteiger partial charge in [0.15, 0.2) is 5.69 Å². The van der Waals surface area contributed by atoms with Gasteiger partial charge in [0.05, 0.1) is 12.2 Å². The van der Waals surface area contributed by atoms with Crippen LogP contribution in [-0.2, 0) is 17.7 Å². The number of rotatable bonds is 5. The van der Waals surface area contributed by atoms with Crippen molar-refractivity contribution >= 4 is 28.2 Å². The van der Waals surface area contributed by atoms with Crippen LogP contribution in [0.15, 0.2) is 6.07 Å². The van der Waals surface area contributed by atoms with Gasteiger partial charge in [-0.2, -0.15) is 5.10 Å². The first kappa shape index (κ1) is 19.6. The molecule has 1 amide bonds. The Bertz CT molecular complexity index is 869. The van der Waals surface area contributed by atoms with Crippen molar-refractivity contribution < 1.29 is 14.3 Å². The number of hydrogen-bond donors (Lipinski definition) is 1. The summed E-state index contributed by atoms with van der Waals surface area (Å²) in [4.78, 5) is 28.6. The Morgan fingerprint density at radius 2 is 2.15 bits per heavy atom. The lowest BCUT2D eigenvalue weighted by Gasteiger charge is -2.22. The Labute approximate surface area is 163 Å². The van der Waals surface area contributed by atoms with E-state index in [2.05, 4.69) is 15.3 Å². The second-order valence-electron chi connectivity index (χ2n) is 7.08. The molecule has 2 aromatic rings. The Kier molecular flexibility index (Phi) is 5.67. The molecule has 0 radical (unpaired) electrons. The van der Waals surface area contributed by atoms with Gasteiger partial charge >= 0.3 is 5.97 Å². The monoisotopic (exact) mass is 390 g/mol. The average Bonchev–Trinajstić information content (AvgIpc) is 3.15. The van der Waals surface area contributed by atoms with Crippen LogP contribution in [0.3, 0.4) is 0 Å². The lowest BCUT2D eigenvalue weighted by molar-refractivity contribution is 0.0526. The van der Waals surface area contributed by atoms with Crippen molar-refractivity contribution in [2.45, 2.75) is 46.7 Å². The first-order chi connectivity index (χ1) is 12.8. The molecule has 27 heavy (non-hydrogen) atoms. The van der Waals surface area contributed by atoms with Crippen LogP contribution >= 0.6 is 11.3 Å². The van der Waals surface area contributed by atoms with Gasteiger partial charge in [0.2, 0.25) is 0 Å². The van der Waals surface area contributed by atoms with E-state index in [0.717, 1.165) is 35.6 Å². The average molecular weight is 391 g/mol. The number of anilines is 1. The molecule has 0 aromatic carbocycles. The standard InChI is InChI=1S/C19H26N4O3S/c1-6-26-19(25)16-13-7-8-22(5)10-15(13)27-18(16)20-17(24)14-9-12(4)23(21-14)11(2)3/h9,11H,6-8,10H2,1-5H3,(H,20,24). The largest absolute Gasteiger partial charge is 0.462 e. The molecule has 1 aliphatic rings. The molecular formula is C19H26N4O3S. The van der Waals surface area contributed by atoms with E-state index in [0.29, 0.717) is 22.9 Å². The summed E-state index contributed by atoms with van der Waals surface area (Å²) < 4.78 is 7.06. The smallest absolute Gasteiger partial charge is 0.341 e. The Hall–Kier alpha value is -2.19. The fourth-order valence-corrected chi connectivity index (χ4v) is 4.64. The molecular weight excluding hydrogens is 364 g/mol. The Morgan fingerprint density at radius 1 is 1.41 bits per heavy atom. The molecule has 0 saturated heterocycles. The van der Waals surface area contributed by atoms with Crippen LogP contribution in [0.1, 0.15) is 63.8 Å². The predicted octanol–water partition coefficient (Wildman–Crippen LogP) is 3.25. The van der Waals surface area contributed by atoms with Crippen LogP contribution in [0, 0.1) is 6.92 Å². The normalized spacial score (nSPS) is 14.3. The predicted molar refractivity (Wildman–Crippen MR) is 106 cm³/mol. The molecule has 3 heterocycles. The summed E-state index contributed by atoms with van der Waals surface area (Å²) in [7, 11) is 2.05. The lowest BCUT2D eigenvalue weighted by Crippen LogP contribution is -2.26. The minimum absolute atomic E-state index is 0.172. The number of fused-ring (bicyclic) bond motifs is 1. The van der Waals surface area contributed by atoms with Crippen LogP contribution in [0.5, 0.6) is 0 Å². The summed E-state index contributed by atoms with van der Waals surface area (Å²) >= 11 is 1.45. The van der Waals surface area contributed by atoms with Crippen molar-refractivity contribution in [3.05, 3.63) is 33.5 Å². The van der Waals surface area contributed by atoms with Crippen molar-refractivity contribution in [2.24, 2.45) is 0 Å². The summed E-state index contributed by atoms with van der Waals surface area (Å²) in [5.41, 5.74) is 2.77. The van der Waals surface area contributed by atoms with E-state index in [4.69, 9.17) is 4.74 Å². The molecule has 7 nitrogen and oxygen atoms in total. The van der Waals surface area contributed by atoms with Crippen molar-refractivity contribution in [1.29, 1.82) is 0 Å². The van der Waals surface area contributed by atoms with Gasteiger partial charge in [-0.3, -0.25) is 9.48 Å². The number of thiophene rings is 1. The molecule has 2 aromatic heterocycles. The SMILES string of the molecule is CCOC(=O)c1c(NC(=O)c2cc(C)n(C(C)C)n2)sc2c1CCN(C)C2. The molecule has 0 aliphatic carbocycles. The third kappa shape index (κ3) is 3.91. The van der Waals surface area contributed by atoms with E-state index in [-0.39, 0.29) is 17.9 Å². The number of ether oxygens (including phenoxy) is 1. The molecule has 0 bridgehead atoms. The van der Waals surface area contributed by atoms with Gasteiger partial charge < -0.3 is 15.0 Å². The molecule has 1 aliphatic heterocycles. The molecule has 146 valence electrons. The minimum Gasteiger partial charge on any atom is -0.462 e. The Balaban J connectivity index is 1.93.